The molecule has 0 aliphatic carbocycles. The molecule has 0 saturated carbocycles. The van der Waals surface area contributed by atoms with Crippen molar-refractivity contribution < 1.29 is 14.3 Å². The fourth-order valence-corrected chi connectivity index (χ4v) is 3.60. The molecule has 5 nitrogen and oxygen atoms in total. The molecule has 132 valence electrons. The second-order valence-corrected chi connectivity index (χ2v) is 6.69. The number of rotatable bonds is 5. The highest BCUT2D eigenvalue weighted by molar-refractivity contribution is 5.97. The molecule has 0 unspecified atom stereocenters. The first-order valence-corrected chi connectivity index (χ1v) is 8.39. The lowest BCUT2D eigenvalue weighted by atomic mass is 9.75. The molecule has 3 rings (SSSR count). The zero-order valence-corrected chi connectivity index (χ0v) is 14.0. The van der Waals surface area contributed by atoms with Gasteiger partial charge in [-0.15, -0.1) is 0 Å². The van der Waals surface area contributed by atoms with Gasteiger partial charge in [0.05, 0.1) is 12.2 Å². The first-order chi connectivity index (χ1) is 12.0. The van der Waals surface area contributed by atoms with Crippen molar-refractivity contribution in [2.75, 3.05) is 24.6 Å². The Labute approximate surface area is 146 Å². The van der Waals surface area contributed by atoms with Crippen molar-refractivity contribution >= 4 is 11.7 Å². The lowest BCUT2D eigenvalue weighted by Crippen LogP contribution is -2.47. The van der Waals surface area contributed by atoms with Crippen LogP contribution in [0.1, 0.15) is 28.8 Å². The molecule has 1 aliphatic heterocycles. The molecule has 1 aromatic heterocycles. The van der Waals surface area contributed by atoms with E-state index in [4.69, 9.17) is 5.73 Å². The summed E-state index contributed by atoms with van der Waals surface area (Å²) in [6, 6.07) is 9.97. The minimum absolute atomic E-state index is 0.0590. The van der Waals surface area contributed by atoms with Crippen LogP contribution in [0.25, 0.3) is 0 Å². The van der Waals surface area contributed by atoms with E-state index in [1.165, 1.54) is 6.07 Å². The zero-order chi connectivity index (χ0) is 17.9. The van der Waals surface area contributed by atoms with Gasteiger partial charge in [-0.25, -0.2) is 9.37 Å². The number of aromatic nitrogens is 1. The number of amides is 1. The average molecular weight is 343 g/mol. The Bertz CT molecular complexity index is 768. The second-order valence-electron chi connectivity index (χ2n) is 6.69. The van der Waals surface area contributed by atoms with Crippen molar-refractivity contribution in [2.45, 2.75) is 19.3 Å². The molecule has 1 aliphatic rings. The summed E-state index contributed by atoms with van der Waals surface area (Å²) < 4.78 is 14.1. The number of aliphatic hydroxyl groups excluding tert-OH is 1. The molecule has 2 aromatic rings. The highest BCUT2D eigenvalue weighted by Crippen LogP contribution is 2.36. The summed E-state index contributed by atoms with van der Waals surface area (Å²) >= 11 is 0. The van der Waals surface area contributed by atoms with Gasteiger partial charge in [0.25, 0.3) is 5.91 Å². The SMILES string of the molecule is NC(=O)c1cccnc1N1CCC[C@@](CO)(Cc2ccccc2F)C1. The van der Waals surface area contributed by atoms with Gasteiger partial charge in [-0.3, -0.25) is 4.79 Å². The number of piperidine rings is 1. The average Bonchev–Trinajstić information content (AvgIpc) is 2.64. The summed E-state index contributed by atoms with van der Waals surface area (Å²) in [6.45, 7) is 1.15. The summed E-state index contributed by atoms with van der Waals surface area (Å²) in [5, 5.41) is 10.1. The number of primary amides is 1. The number of aliphatic hydroxyl groups is 1. The molecule has 1 saturated heterocycles. The third kappa shape index (κ3) is 3.64. The van der Waals surface area contributed by atoms with E-state index in [2.05, 4.69) is 4.98 Å². The molecule has 1 atom stereocenters. The monoisotopic (exact) mass is 343 g/mol. The van der Waals surface area contributed by atoms with Crippen molar-refractivity contribution in [1.82, 2.24) is 4.98 Å². The van der Waals surface area contributed by atoms with Crippen LogP contribution in [0.15, 0.2) is 42.6 Å². The third-order valence-electron chi connectivity index (χ3n) is 4.87. The zero-order valence-electron chi connectivity index (χ0n) is 14.0. The molecular weight excluding hydrogens is 321 g/mol. The molecule has 1 aromatic carbocycles. The largest absolute Gasteiger partial charge is 0.396 e. The maximum Gasteiger partial charge on any atom is 0.252 e. The number of nitrogens with two attached hydrogens (primary N) is 1. The number of anilines is 1. The van der Waals surface area contributed by atoms with Gasteiger partial charge in [-0.2, -0.15) is 0 Å². The van der Waals surface area contributed by atoms with Gasteiger partial charge in [0.2, 0.25) is 0 Å². The summed E-state index contributed by atoms with van der Waals surface area (Å²) in [4.78, 5) is 18.0. The van der Waals surface area contributed by atoms with Crippen LogP contribution in [0.4, 0.5) is 10.2 Å². The molecular formula is C19H22FN3O2. The number of nitrogens with zero attached hydrogens (tertiary/aromatic N) is 2. The Kier molecular flexibility index (Phi) is 4.99. The lowest BCUT2D eigenvalue weighted by Gasteiger charge is -2.43. The topological polar surface area (TPSA) is 79.5 Å². The van der Waals surface area contributed by atoms with Crippen molar-refractivity contribution in [3.8, 4) is 0 Å². The molecule has 25 heavy (non-hydrogen) atoms. The van der Waals surface area contributed by atoms with E-state index >= 15 is 0 Å². The van der Waals surface area contributed by atoms with E-state index in [1.807, 2.05) is 4.90 Å². The van der Waals surface area contributed by atoms with E-state index in [0.29, 0.717) is 29.9 Å². The van der Waals surface area contributed by atoms with Crippen LogP contribution >= 0.6 is 0 Å². The molecule has 0 bridgehead atoms. The Hall–Kier alpha value is -2.47. The van der Waals surface area contributed by atoms with Gasteiger partial charge in [-0.05, 0) is 43.0 Å². The fourth-order valence-electron chi connectivity index (χ4n) is 3.60. The fraction of sp³-hybridized carbons (Fsp3) is 0.368. The first kappa shape index (κ1) is 17.4. The van der Waals surface area contributed by atoms with Crippen LogP contribution in [0.5, 0.6) is 0 Å². The maximum absolute atomic E-state index is 14.1. The van der Waals surface area contributed by atoms with E-state index in [0.717, 1.165) is 19.4 Å². The quantitative estimate of drug-likeness (QED) is 0.872. The molecule has 2 heterocycles. The predicted molar refractivity (Wildman–Crippen MR) is 93.8 cm³/mol. The molecule has 3 N–H and O–H groups in total. The second kappa shape index (κ2) is 7.19. The molecule has 0 spiro atoms. The van der Waals surface area contributed by atoms with Crippen molar-refractivity contribution in [1.29, 1.82) is 0 Å². The summed E-state index contributed by atoms with van der Waals surface area (Å²) in [5.74, 6) is -0.262. The summed E-state index contributed by atoms with van der Waals surface area (Å²) in [6.07, 6.45) is 3.66. The third-order valence-corrected chi connectivity index (χ3v) is 4.87. The number of hydrogen-bond acceptors (Lipinski definition) is 4. The number of pyridine rings is 1. The minimum atomic E-state index is -0.530. The van der Waals surface area contributed by atoms with Crippen LogP contribution in [0, 0.1) is 11.2 Å². The van der Waals surface area contributed by atoms with Gasteiger partial charge in [0.15, 0.2) is 0 Å². The highest BCUT2D eigenvalue weighted by Gasteiger charge is 2.37. The first-order valence-electron chi connectivity index (χ1n) is 8.39. The lowest BCUT2D eigenvalue weighted by molar-refractivity contribution is 0.0993. The molecule has 1 fully saturated rings. The number of carbonyl (C=O) groups excluding carboxylic acids is 1. The number of hydrogen-bond donors (Lipinski definition) is 2. The van der Waals surface area contributed by atoms with E-state index < -0.39 is 11.3 Å². The molecule has 0 radical (unpaired) electrons. The normalized spacial score (nSPS) is 20.5. The van der Waals surface area contributed by atoms with Gasteiger partial charge >= 0.3 is 0 Å². The Morgan fingerprint density at radius 3 is 2.84 bits per heavy atom. The van der Waals surface area contributed by atoms with Crippen LogP contribution in [0.3, 0.4) is 0 Å². The van der Waals surface area contributed by atoms with Crippen LogP contribution in [-0.2, 0) is 6.42 Å². The van der Waals surface area contributed by atoms with Crippen LogP contribution in [0.2, 0.25) is 0 Å². The van der Waals surface area contributed by atoms with E-state index in [1.54, 1.807) is 36.5 Å². The van der Waals surface area contributed by atoms with Gasteiger partial charge in [0.1, 0.15) is 11.6 Å². The smallest absolute Gasteiger partial charge is 0.252 e. The number of carbonyl (C=O) groups is 1. The van der Waals surface area contributed by atoms with Gasteiger partial charge < -0.3 is 15.7 Å². The number of benzene rings is 1. The van der Waals surface area contributed by atoms with Gasteiger partial charge in [-0.1, -0.05) is 18.2 Å². The Morgan fingerprint density at radius 2 is 2.12 bits per heavy atom. The molecule has 1 amide bonds. The van der Waals surface area contributed by atoms with Crippen molar-refractivity contribution in [2.24, 2.45) is 11.1 Å². The Morgan fingerprint density at radius 1 is 1.32 bits per heavy atom. The predicted octanol–water partition coefficient (Wildman–Crippen LogP) is 2.14. The molecule has 6 heteroatoms. The van der Waals surface area contributed by atoms with E-state index in [-0.39, 0.29) is 12.4 Å². The van der Waals surface area contributed by atoms with Crippen LogP contribution in [-0.4, -0.2) is 35.7 Å². The van der Waals surface area contributed by atoms with Crippen LogP contribution < -0.4 is 10.6 Å². The van der Waals surface area contributed by atoms with E-state index in [9.17, 15) is 14.3 Å². The summed E-state index contributed by atoms with van der Waals surface area (Å²) in [7, 11) is 0. The van der Waals surface area contributed by atoms with Gasteiger partial charge in [0, 0.05) is 24.7 Å². The van der Waals surface area contributed by atoms with Crippen molar-refractivity contribution in [3.05, 3.63) is 59.5 Å². The maximum atomic E-state index is 14.1. The number of halogens is 1. The highest BCUT2D eigenvalue weighted by atomic mass is 19.1. The Balaban J connectivity index is 1.89. The standard InChI is InChI=1S/C19H22FN3O2/c20-16-7-2-1-5-14(16)11-19(13-24)8-4-10-23(12-19)18-15(17(21)25)6-3-9-22-18/h1-3,5-7,9,24H,4,8,10-13H2,(H2,21,25)/t19-/m1/s1. The summed E-state index contributed by atoms with van der Waals surface area (Å²) in [5.41, 5.74) is 5.94. The minimum Gasteiger partial charge on any atom is -0.396 e. The van der Waals surface area contributed by atoms with Crippen molar-refractivity contribution in [3.63, 3.8) is 0 Å².